The number of amides is 1. The van der Waals surface area contributed by atoms with Crippen LogP contribution in [0.25, 0.3) is 0 Å². The Morgan fingerprint density at radius 3 is 2.59 bits per heavy atom. The smallest absolute Gasteiger partial charge is 0.404 e. The molecule has 0 aliphatic heterocycles. The van der Waals surface area contributed by atoms with Gasteiger partial charge in [-0.3, -0.25) is 0 Å². The summed E-state index contributed by atoms with van der Waals surface area (Å²) in [5.74, 6) is 2.86. The van der Waals surface area contributed by atoms with E-state index in [1.807, 2.05) is 0 Å². The van der Waals surface area contributed by atoms with Gasteiger partial charge in [0.2, 0.25) is 0 Å². The van der Waals surface area contributed by atoms with Gasteiger partial charge in [-0.15, -0.1) is 18.0 Å². The summed E-state index contributed by atoms with van der Waals surface area (Å²) in [6, 6.07) is 0. The Bertz CT molecular complexity index is 295. The first-order valence-corrected chi connectivity index (χ1v) is 6.29. The van der Waals surface area contributed by atoms with Crippen LogP contribution in [-0.4, -0.2) is 30.3 Å². The predicted octanol–water partition coefficient (Wildman–Crippen LogP) is 2.04. The minimum atomic E-state index is -0.849. The summed E-state index contributed by atoms with van der Waals surface area (Å²) >= 11 is 5.65. The van der Waals surface area contributed by atoms with Gasteiger partial charge in [-0.05, 0) is 25.7 Å². The lowest BCUT2D eigenvalue weighted by molar-refractivity contribution is -0.0606. The van der Waals surface area contributed by atoms with Crippen LogP contribution in [0.5, 0.6) is 0 Å². The summed E-state index contributed by atoms with van der Waals surface area (Å²) in [4.78, 5) is 10.6. The molecule has 0 bridgehead atoms. The third-order valence-corrected chi connectivity index (χ3v) is 3.27. The molecule has 1 fully saturated rings. The lowest BCUT2D eigenvalue weighted by atomic mass is 9.85. The molecule has 17 heavy (non-hydrogen) atoms. The average Bonchev–Trinajstić information content (AvgIpc) is 2.35. The second-order valence-corrected chi connectivity index (χ2v) is 4.53. The molecule has 96 valence electrons. The molecule has 0 spiro atoms. The predicted molar refractivity (Wildman–Crippen MR) is 65.8 cm³/mol. The topological polar surface area (TPSA) is 61.6 Å². The Balaban J connectivity index is 2.45. The molecule has 1 amide bonds. The first-order valence-electron chi connectivity index (χ1n) is 5.75. The lowest BCUT2D eigenvalue weighted by Gasteiger charge is -2.33. The molecule has 1 aliphatic rings. The van der Waals surface area contributed by atoms with E-state index in [4.69, 9.17) is 33.2 Å². The Morgan fingerprint density at radius 2 is 2.12 bits per heavy atom. The number of alkyl halides is 1. The average molecular weight is 260 g/mol. The number of nitrogens with two attached hydrogens (primary N) is 1. The van der Waals surface area contributed by atoms with Crippen LogP contribution < -0.4 is 5.73 Å². The van der Waals surface area contributed by atoms with Crippen molar-refractivity contribution in [3.8, 4) is 12.3 Å². The summed E-state index contributed by atoms with van der Waals surface area (Å²) in [6.07, 6.45) is 9.13. The Morgan fingerprint density at radius 1 is 1.47 bits per heavy atom. The van der Waals surface area contributed by atoms with Crippen LogP contribution in [0.15, 0.2) is 0 Å². The largest absolute Gasteiger partial charge is 0.443 e. The molecule has 4 nitrogen and oxygen atoms in total. The highest BCUT2D eigenvalue weighted by atomic mass is 35.5. The number of halogens is 1. The van der Waals surface area contributed by atoms with E-state index < -0.39 is 17.8 Å². The Labute approximate surface area is 107 Å². The van der Waals surface area contributed by atoms with E-state index in [1.165, 1.54) is 6.42 Å². The van der Waals surface area contributed by atoms with E-state index in [2.05, 4.69) is 5.92 Å². The molecule has 0 aromatic rings. The van der Waals surface area contributed by atoms with E-state index in [9.17, 15) is 4.79 Å². The van der Waals surface area contributed by atoms with Crippen molar-refractivity contribution < 1.29 is 14.3 Å². The third-order valence-electron chi connectivity index (χ3n) is 2.92. The molecule has 0 radical (unpaired) electrons. The van der Waals surface area contributed by atoms with Crippen LogP contribution in [0.3, 0.4) is 0 Å². The number of terminal acetylenes is 1. The number of hydrogen-bond acceptors (Lipinski definition) is 3. The summed E-state index contributed by atoms with van der Waals surface area (Å²) in [5, 5.41) is 0. The van der Waals surface area contributed by atoms with Crippen LogP contribution in [0, 0.1) is 12.3 Å². The SMILES string of the molecule is C#CC1(OCC(CCl)OC(N)=O)CCCCC1. The van der Waals surface area contributed by atoms with Gasteiger partial charge in [-0.25, -0.2) is 4.79 Å². The normalized spacial score (nSPS) is 20.2. The molecule has 0 saturated heterocycles. The zero-order chi connectivity index (χ0) is 12.7. The van der Waals surface area contributed by atoms with Gasteiger partial charge in [-0.1, -0.05) is 12.3 Å². The quantitative estimate of drug-likeness (QED) is 0.607. The highest BCUT2D eigenvalue weighted by Crippen LogP contribution is 2.31. The monoisotopic (exact) mass is 259 g/mol. The minimum Gasteiger partial charge on any atom is -0.443 e. The van der Waals surface area contributed by atoms with Gasteiger partial charge in [0.25, 0.3) is 0 Å². The standard InChI is InChI=1S/C12H18ClNO3/c1-2-12(6-4-3-5-7-12)16-9-10(8-13)17-11(14)15/h1,10H,3-9H2,(H2,14,15). The van der Waals surface area contributed by atoms with E-state index >= 15 is 0 Å². The number of hydrogen-bond donors (Lipinski definition) is 1. The van der Waals surface area contributed by atoms with Crippen molar-refractivity contribution in [1.82, 2.24) is 0 Å². The molecule has 1 unspecified atom stereocenters. The maximum Gasteiger partial charge on any atom is 0.404 e. The molecular weight excluding hydrogens is 242 g/mol. The van der Waals surface area contributed by atoms with Crippen LogP contribution in [-0.2, 0) is 9.47 Å². The van der Waals surface area contributed by atoms with E-state index in [0.717, 1.165) is 25.7 Å². The summed E-state index contributed by atoms with van der Waals surface area (Å²) < 4.78 is 10.5. The van der Waals surface area contributed by atoms with Gasteiger partial charge in [0.15, 0.2) is 0 Å². The molecule has 1 saturated carbocycles. The maximum absolute atomic E-state index is 10.6. The third kappa shape index (κ3) is 4.45. The second kappa shape index (κ2) is 6.73. The van der Waals surface area contributed by atoms with E-state index in [1.54, 1.807) is 0 Å². The van der Waals surface area contributed by atoms with Gasteiger partial charge in [0.05, 0.1) is 12.5 Å². The molecule has 5 heteroatoms. The minimum absolute atomic E-state index is 0.142. The zero-order valence-electron chi connectivity index (χ0n) is 9.78. The number of rotatable bonds is 5. The van der Waals surface area contributed by atoms with Crippen molar-refractivity contribution in [3.63, 3.8) is 0 Å². The molecule has 0 heterocycles. The van der Waals surface area contributed by atoms with Gasteiger partial charge in [0.1, 0.15) is 11.7 Å². The van der Waals surface area contributed by atoms with Crippen LogP contribution >= 0.6 is 11.6 Å². The molecule has 0 aromatic carbocycles. The fourth-order valence-corrected chi connectivity index (χ4v) is 2.13. The second-order valence-electron chi connectivity index (χ2n) is 4.22. The Hall–Kier alpha value is -0.920. The molecular formula is C12H18ClNO3. The molecule has 1 aliphatic carbocycles. The van der Waals surface area contributed by atoms with Crippen molar-refractivity contribution in [2.45, 2.75) is 43.8 Å². The molecule has 1 atom stereocenters. The number of carbonyl (C=O) groups excluding carboxylic acids is 1. The van der Waals surface area contributed by atoms with Crippen molar-refractivity contribution >= 4 is 17.7 Å². The molecule has 2 N–H and O–H groups in total. The van der Waals surface area contributed by atoms with Crippen molar-refractivity contribution in [1.29, 1.82) is 0 Å². The maximum atomic E-state index is 10.6. The summed E-state index contributed by atoms with van der Waals surface area (Å²) in [7, 11) is 0. The first-order chi connectivity index (χ1) is 8.12. The fourth-order valence-electron chi connectivity index (χ4n) is 1.98. The number of carbonyl (C=O) groups is 1. The van der Waals surface area contributed by atoms with Crippen molar-refractivity contribution in [2.75, 3.05) is 12.5 Å². The van der Waals surface area contributed by atoms with Crippen molar-refractivity contribution in [2.24, 2.45) is 5.73 Å². The highest BCUT2D eigenvalue weighted by Gasteiger charge is 2.31. The zero-order valence-corrected chi connectivity index (χ0v) is 10.5. The molecule has 1 rings (SSSR count). The fraction of sp³-hybridized carbons (Fsp3) is 0.750. The van der Waals surface area contributed by atoms with Crippen LogP contribution in [0.1, 0.15) is 32.1 Å². The number of primary amides is 1. The van der Waals surface area contributed by atoms with E-state index in [-0.39, 0.29) is 12.5 Å². The Kier molecular flexibility index (Phi) is 5.60. The van der Waals surface area contributed by atoms with Gasteiger partial charge < -0.3 is 15.2 Å². The van der Waals surface area contributed by atoms with Crippen LogP contribution in [0.2, 0.25) is 0 Å². The van der Waals surface area contributed by atoms with Crippen molar-refractivity contribution in [3.05, 3.63) is 0 Å². The van der Waals surface area contributed by atoms with E-state index in [0.29, 0.717) is 0 Å². The van der Waals surface area contributed by atoms with Crippen LogP contribution in [0.4, 0.5) is 4.79 Å². The summed E-state index contributed by atoms with van der Waals surface area (Å²) in [5.41, 5.74) is 4.40. The summed E-state index contributed by atoms with van der Waals surface area (Å²) in [6.45, 7) is 0.191. The van der Waals surface area contributed by atoms with Gasteiger partial charge in [-0.2, -0.15) is 0 Å². The van der Waals surface area contributed by atoms with Gasteiger partial charge in [0, 0.05) is 0 Å². The molecule has 0 aromatic heterocycles. The van der Waals surface area contributed by atoms with Gasteiger partial charge >= 0.3 is 6.09 Å². The highest BCUT2D eigenvalue weighted by molar-refractivity contribution is 6.18. The lowest BCUT2D eigenvalue weighted by Crippen LogP contribution is -2.38. The first kappa shape index (κ1) is 14.1. The number of ether oxygens (including phenoxy) is 2.